The zero-order chi connectivity index (χ0) is 16.2. The standard InChI is InChI=1S/C17H18N4OS/c1-13(2)21(14-8-4-3-5-9-14)16(22)12-23-17-19-18-15-10-6-7-11-20(15)17/h3-11,13H,12H2,1-2H3. The number of amides is 1. The molecule has 0 bridgehead atoms. The van der Waals surface area contributed by atoms with Gasteiger partial charge >= 0.3 is 0 Å². The zero-order valence-corrected chi connectivity index (χ0v) is 13.9. The minimum absolute atomic E-state index is 0.0591. The van der Waals surface area contributed by atoms with Gasteiger partial charge in [0, 0.05) is 17.9 Å². The summed E-state index contributed by atoms with van der Waals surface area (Å²) in [4.78, 5) is 14.5. The lowest BCUT2D eigenvalue weighted by Gasteiger charge is -2.26. The van der Waals surface area contributed by atoms with Crippen LogP contribution in [-0.4, -0.2) is 32.3 Å². The number of pyridine rings is 1. The van der Waals surface area contributed by atoms with E-state index in [1.165, 1.54) is 11.8 Å². The van der Waals surface area contributed by atoms with Gasteiger partial charge in [-0.3, -0.25) is 9.20 Å². The summed E-state index contributed by atoms with van der Waals surface area (Å²) >= 11 is 1.40. The van der Waals surface area contributed by atoms with E-state index in [4.69, 9.17) is 0 Å². The number of fused-ring (bicyclic) bond motifs is 1. The van der Waals surface area contributed by atoms with Crippen molar-refractivity contribution < 1.29 is 4.79 Å². The molecule has 0 radical (unpaired) electrons. The Bertz CT molecular complexity index is 800. The second-order valence-electron chi connectivity index (χ2n) is 5.39. The van der Waals surface area contributed by atoms with Gasteiger partial charge in [-0.05, 0) is 38.1 Å². The average molecular weight is 326 g/mol. The Morgan fingerprint density at radius 3 is 2.61 bits per heavy atom. The Morgan fingerprint density at radius 2 is 1.87 bits per heavy atom. The number of anilines is 1. The van der Waals surface area contributed by atoms with Gasteiger partial charge in [0.05, 0.1) is 5.75 Å². The zero-order valence-electron chi connectivity index (χ0n) is 13.1. The smallest absolute Gasteiger partial charge is 0.237 e. The molecule has 118 valence electrons. The van der Waals surface area contributed by atoms with Crippen LogP contribution in [0.5, 0.6) is 0 Å². The fourth-order valence-electron chi connectivity index (χ4n) is 2.43. The Morgan fingerprint density at radius 1 is 1.13 bits per heavy atom. The van der Waals surface area contributed by atoms with E-state index >= 15 is 0 Å². The van der Waals surface area contributed by atoms with Gasteiger partial charge in [0.1, 0.15) is 0 Å². The lowest BCUT2D eigenvalue weighted by Crippen LogP contribution is -2.38. The summed E-state index contributed by atoms with van der Waals surface area (Å²) in [5, 5.41) is 8.98. The van der Waals surface area contributed by atoms with Crippen molar-refractivity contribution in [2.75, 3.05) is 10.7 Å². The summed E-state index contributed by atoms with van der Waals surface area (Å²) in [7, 11) is 0. The quantitative estimate of drug-likeness (QED) is 0.675. The number of hydrogen-bond acceptors (Lipinski definition) is 4. The molecule has 0 unspecified atom stereocenters. The maximum Gasteiger partial charge on any atom is 0.237 e. The van der Waals surface area contributed by atoms with E-state index in [0.717, 1.165) is 16.5 Å². The van der Waals surface area contributed by atoms with Gasteiger partial charge < -0.3 is 4.90 Å². The van der Waals surface area contributed by atoms with Crippen molar-refractivity contribution in [2.45, 2.75) is 25.0 Å². The summed E-state index contributed by atoms with van der Waals surface area (Å²) in [5.74, 6) is 0.381. The van der Waals surface area contributed by atoms with Crippen molar-refractivity contribution in [3.05, 3.63) is 54.7 Å². The molecule has 6 heteroatoms. The molecule has 1 amide bonds. The van der Waals surface area contributed by atoms with Crippen LogP contribution in [0.3, 0.4) is 0 Å². The molecule has 0 saturated heterocycles. The summed E-state index contributed by atoms with van der Waals surface area (Å²) in [6.45, 7) is 4.03. The van der Waals surface area contributed by atoms with Gasteiger partial charge in [-0.1, -0.05) is 36.0 Å². The van der Waals surface area contributed by atoms with Gasteiger partial charge in [-0.25, -0.2) is 0 Å². The summed E-state index contributed by atoms with van der Waals surface area (Å²) < 4.78 is 1.89. The van der Waals surface area contributed by atoms with E-state index in [1.54, 1.807) is 0 Å². The molecule has 0 aliphatic heterocycles. The van der Waals surface area contributed by atoms with Crippen LogP contribution in [0.1, 0.15) is 13.8 Å². The van der Waals surface area contributed by atoms with Crippen LogP contribution in [0.15, 0.2) is 59.9 Å². The minimum atomic E-state index is 0.0591. The maximum absolute atomic E-state index is 12.7. The number of nitrogens with zero attached hydrogens (tertiary/aromatic N) is 4. The molecular weight excluding hydrogens is 308 g/mol. The number of thioether (sulfide) groups is 1. The third-order valence-corrected chi connectivity index (χ3v) is 4.35. The van der Waals surface area contributed by atoms with E-state index in [-0.39, 0.29) is 11.9 Å². The van der Waals surface area contributed by atoms with Crippen LogP contribution in [-0.2, 0) is 4.79 Å². The second-order valence-corrected chi connectivity index (χ2v) is 6.34. The van der Waals surface area contributed by atoms with Crippen molar-refractivity contribution in [1.29, 1.82) is 0 Å². The first-order valence-electron chi connectivity index (χ1n) is 7.46. The van der Waals surface area contributed by atoms with Gasteiger partial charge in [0.15, 0.2) is 10.8 Å². The lowest BCUT2D eigenvalue weighted by atomic mass is 10.2. The molecular formula is C17H18N4OS. The van der Waals surface area contributed by atoms with Crippen molar-refractivity contribution >= 4 is 29.0 Å². The molecule has 0 aliphatic rings. The molecule has 0 spiro atoms. The van der Waals surface area contributed by atoms with E-state index in [9.17, 15) is 4.79 Å². The molecule has 0 fully saturated rings. The normalized spacial score (nSPS) is 11.1. The highest BCUT2D eigenvalue weighted by molar-refractivity contribution is 7.99. The summed E-state index contributed by atoms with van der Waals surface area (Å²) in [6, 6.07) is 15.6. The first kappa shape index (κ1) is 15.6. The largest absolute Gasteiger partial charge is 0.309 e. The molecule has 0 saturated carbocycles. The number of carbonyl (C=O) groups is 1. The highest BCUT2D eigenvalue weighted by Crippen LogP contribution is 2.21. The van der Waals surface area contributed by atoms with Crippen molar-refractivity contribution in [1.82, 2.24) is 14.6 Å². The monoisotopic (exact) mass is 326 g/mol. The topological polar surface area (TPSA) is 50.5 Å². The first-order valence-corrected chi connectivity index (χ1v) is 8.45. The fourth-order valence-corrected chi connectivity index (χ4v) is 3.22. The van der Waals surface area contributed by atoms with Gasteiger partial charge in [0.2, 0.25) is 5.91 Å². The van der Waals surface area contributed by atoms with Gasteiger partial charge in [-0.15, -0.1) is 10.2 Å². The van der Waals surface area contributed by atoms with E-state index in [1.807, 2.05) is 77.9 Å². The molecule has 3 aromatic rings. The molecule has 2 heterocycles. The third kappa shape index (κ3) is 3.37. The van der Waals surface area contributed by atoms with Crippen LogP contribution in [0, 0.1) is 0 Å². The predicted molar refractivity (Wildman–Crippen MR) is 92.8 cm³/mol. The Labute approximate surface area is 139 Å². The van der Waals surface area contributed by atoms with Crippen molar-refractivity contribution in [3.63, 3.8) is 0 Å². The van der Waals surface area contributed by atoms with E-state index in [0.29, 0.717) is 5.75 Å². The minimum Gasteiger partial charge on any atom is -0.309 e. The predicted octanol–water partition coefficient (Wildman–Crippen LogP) is 3.26. The van der Waals surface area contributed by atoms with Gasteiger partial charge in [-0.2, -0.15) is 0 Å². The SMILES string of the molecule is CC(C)N(C(=O)CSc1nnc2ccccn12)c1ccccc1. The second kappa shape index (κ2) is 6.83. The number of rotatable bonds is 5. The molecule has 1 aromatic carbocycles. The molecule has 0 atom stereocenters. The van der Waals surface area contributed by atoms with Crippen LogP contribution in [0.4, 0.5) is 5.69 Å². The van der Waals surface area contributed by atoms with Crippen LogP contribution in [0.2, 0.25) is 0 Å². The number of carbonyl (C=O) groups excluding carboxylic acids is 1. The number of hydrogen-bond donors (Lipinski definition) is 0. The Hall–Kier alpha value is -2.34. The number of aromatic nitrogens is 3. The maximum atomic E-state index is 12.7. The fraction of sp³-hybridized carbons (Fsp3) is 0.235. The molecule has 3 rings (SSSR count). The van der Waals surface area contributed by atoms with Crippen LogP contribution in [0.25, 0.3) is 5.65 Å². The van der Waals surface area contributed by atoms with Crippen molar-refractivity contribution in [3.8, 4) is 0 Å². The Balaban J connectivity index is 1.75. The van der Waals surface area contributed by atoms with Crippen LogP contribution < -0.4 is 4.90 Å². The average Bonchev–Trinajstić information content (AvgIpc) is 2.97. The van der Waals surface area contributed by atoms with E-state index < -0.39 is 0 Å². The van der Waals surface area contributed by atoms with Gasteiger partial charge in [0.25, 0.3) is 0 Å². The molecule has 23 heavy (non-hydrogen) atoms. The summed E-state index contributed by atoms with van der Waals surface area (Å²) in [5.41, 5.74) is 1.70. The lowest BCUT2D eigenvalue weighted by molar-refractivity contribution is -0.116. The van der Waals surface area contributed by atoms with Crippen LogP contribution >= 0.6 is 11.8 Å². The Kier molecular flexibility index (Phi) is 4.62. The molecule has 0 aliphatic carbocycles. The molecule has 5 nitrogen and oxygen atoms in total. The highest BCUT2D eigenvalue weighted by atomic mass is 32.2. The molecule has 2 aromatic heterocycles. The molecule has 0 N–H and O–H groups in total. The number of para-hydroxylation sites is 1. The highest BCUT2D eigenvalue weighted by Gasteiger charge is 2.19. The van der Waals surface area contributed by atoms with E-state index in [2.05, 4.69) is 10.2 Å². The first-order chi connectivity index (χ1) is 11.2. The number of benzene rings is 1. The van der Waals surface area contributed by atoms with Crippen molar-refractivity contribution in [2.24, 2.45) is 0 Å². The third-order valence-electron chi connectivity index (χ3n) is 3.43. The summed E-state index contributed by atoms with van der Waals surface area (Å²) in [6.07, 6.45) is 1.90.